The SMILES string of the molecule is CC(C)(CCN)NS(=O)(=O)CC1CCCCC1. The fourth-order valence-electron chi connectivity index (χ4n) is 2.54. The number of nitrogens with one attached hydrogen (secondary N) is 1. The molecule has 1 aliphatic carbocycles. The second kappa shape index (κ2) is 6.16. The van der Waals surface area contributed by atoms with Crippen molar-refractivity contribution in [1.29, 1.82) is 0 Å². The molecule has 0 saturated heterocycles. The molecule has 5 heteroatoms. The van der Waals surface area contributed by atoms with E-state index in [2.05, 4.69) is 4.72 Å². The Balaban J connectivity index is 2.50. The zero-order chi connectivity index (χ0) is 12.9. The largest absolute Gasteiger partial charge is 0.330 e. The molecule has 17 heavy (non-hydrogen) atoms. The molecule has 0 bridgehead atoms. The van der Waals surface area contributed by atoms with Gasteiger partial charge in [-0.2, -0.15) is 0 Å². The second-order valence-corrected chi connectivity index (χ2v) is 7.58. The summed E-state index contributed by atoms with van der Waals surface area (Å²) < 4.78 is 26.8. The standard InChI is InChI=1S/C12H26N2O2S/c1-12(2,8-9-13)14-17(15,16)10-11-6-4-3-5-7-11/h11,14H,3-10,13H2,1-2H3. The quantitative estimate of drug-likeness (QED) is 0.764. The first kappa shape index (κ1) is 14.9. The van der Waals surface area contributed by atoms with Crippen molar-refractivity contribution in [3.05, 3.63) is 0 Å². The van der Waals surface area contributed by atoms with E-state index in [4.69, 9.17) is 5.73 Å². The zero-order valence-electron chi connectivity index (χ0n) is 11.0. The number of rotatable bonds is 6. The van der Waals surface area contributed by atoms with Crippen LogP contribution in [-0.2, 0) is 10.0 Å². The van der Waals surface area contributed by atoms with Crippen molar-refractivity contribution in [1.82, 2.24) is 4.72 Å². The van der Waals surface area contributed by atoms with Gasteiger partial charge in [-0.1, -0.05) is 19.3 Å². The van der Waals surface area contributed by atoms with Gasteiger partial charge in [0.1, 0.15) is 0 Å². The lowest BCUT2D eigenvalue weighted by Crippen LogP contribution is -2.46. The fraction of sp³-hybridized carbons (Fsp3) is 1.00. The maximum Gasteiger partial charge on any atom is 0.212 e. The van der Waals surface area contributed by atoms with Crippen LogP contribution in [0.25, 0.3) is 0 Å². The van der Waals surface area contributed by atoms with Crippen molar-refractivity contribution >= 4 is 10.0 Å². The van der Waals surface area contributed by atoms with E-state index in [1.54, 1.807) is 0 Å². The third-order valence-corrected chi connectivity index (χ3v) is 5.15. The molecule has 1 aliphatic rings. The van der Waals surface area contributed by atoms with Crippen LogP contribution in [0.5, 0.6) is 0 Å². The maximum absolute atomic E-state index is 12.0. The number of sulfonamides is 1. The first-order chi connectivity index (χ1) is 7.85. The number of hydrogen-bond acceptors (Lipinski definition) is 3. The van der Waals surface area contributed by atoms with Crippen molar-refractivity contribution in [3.63, 3.8) is 0 Å². The van der Waals surface area contributed by atoms with Crippen LogP contribution >= 0.6 is 0 Å². The van der Waals surface area contributed by atoms with Crippen LogP contribution < -0.4 is 10.5 Å². The molecule has 0 aromatic rings. The molecular weight excluding hydrogens is 236 g/mol. The summed E-state index contributed by atoms with van der Waals surface area (Å²) in [5.41, 5.74) is 5.05. The third-order valence-electron chi connectivity index (χ3n) is 3.38. The Morgan fingerprint density at radius 3 is 2.35 bits per heavy atom. The third kappa shape index (κ3) is 5.84. The van der Waals surface area contributed by atoms with Crippen LogP contribution in [0.2, 0.25) is 0 Å². The Kier molecular flexibility index (Phi) is 5.41. The molecule has 0 aromatic heterocycles. The Morgan fingerprint density at radius 1 is 1.24 bits per heavy atom. The van der Waals surface area contributed by atoms with Crippen molar-refractivity contribution < 1.29 is 8.42 Å². The van der Waals surface area contributed by atoms with Gasteiger partial charge in [-0.15, -0.1) is 0 Å². The summed E-state index contributed by atoms with van der Waals surface area (Å²) in [6.07, 6.45) is 6.37. The Hall–Kier alpha value is -0.130. The van der Waals surface area contributed by atoms with Crippen LogP contribution in [-0.4, -0.2) is 26.3 Å². The monoisotopic (exact) mass is 262 g/mol. The van der Waals surface area contributed by atoms with Crippen molar-refractivity contribution in [3.8, 4) is 0 Å². The van der Waals surface area contributed by atoms with Gasteiger partial charge in [0.25, 0.3) is 0 Å². The van der Waals surface area contributed by atoms with E-state index in [1.165, 1.54) is 19.3 Å². The minimum Gasteiger partial charge on any atom is -0.330 e. The summed E-state index contributed by atoms with van der Waals surface area (Å²) in [5, 5.41) is 0. The minimum atomic E-state index is -3.17. The van der Waals surface area contributed by atoms with Crippen LogP contribution in [0.1, 0.15) is 52.4 Å². The molecule has 102 valence electrons. The Labute approximate surface area is 105 Å². The van der Waals surface area contributed by atoms with Crippen molar-refractivity contribution in [2.45, 2.75) is 57.9 Å². The highest BCUT2D eigenvalue weighted by Crippen LogP contribution is 2.25. The molecule has 0 atom stereocenters. The first-order valence-electron chi connectivity index (χ1n) is 6.56. The van der Waals surface area contributed by atoms with Crippen LogP contribution in [0, 0.1) is 5.92 Å². The molecule has 3 N–H and O–H groups in total. The van der Waals surface area contributed by atoms with E-state index in [1.807, 2.05) is 13.8 Å². The molecule has 0 aliphatic heterocycles. The van der Waals surface area contributed by atoms with E-state index >= 15 is 0 Å². The molecular formula is C12H26N2O2S. The topological polar surface area (TPSA) is 72.2 Å². The normalized spacial score (nSPS) is 19.5. The van der Waals surface area contributed by atoms with Crippen LogP contribution in [0.3, 0.4) is 0 Å². The summed E-state index contributed by atoms with van der Waals surface area (Å²) in [7, 11) is -3.17. The predicted octanol–water partition coefficient (Wildman–Crippen LogP) is 1.61. The molecule has 4 nitrogen and oxygen atoms in total. The highest BCUT2D eigenvalue weighted by Gasteiger charge is 2.27. The molecule has 0 spiro atoms. The van der Waals surface area contributed by atoms with Gasteiger partial charge in [-0.25, -0.2) is 13.1 Å². The number of nitrogens with two attached hydrogens (primary N) is 1. The Morgan fingerprint density at radius 2 is 1.82 bits per heavy atom. The molecule has 1 saturated carbocycles. The molecule has 1 fully saturated rings. The van der Waals surface area contributed by atoms with Gasteiger partial charge < -0.3 is 5.73 Å². The summed E-state index contributed by atoms with van der Waals surface area (Å²) >= 11 is 0. The average Bonchev–Trinajstić information content (AvgIpc) is 2.15. The number of hydrogen-bond donors (Lipinski definition) is 2. The average molecular weight is 262 g/mol. The minimum absolute atomic E-state index is 0.279. The van der Waals surface area contributed by atoms with E-state index in [0.29, 0.717) is 18.9 Å². The lowest BCUT2D eigenvalue weighted by atomic mass is 9.91. The maximum atomic E-state index is 12.0. The predicted molar refractivity (Wildman–Crippen MR) is 71.2 cm³/mol. The second-order valence-electron chi connectivity index (χ2n) is 5.81. The lowest BCUT2D eigenvalue weighted by Gasteiger charge is -2.28. The highest BCUT2D eigenvalue weighted by molar-refractivity contribution is 7.89. The smallest absolute Gasteiger partial charge is 0.212 e. The van der Waals surface area contributed by atoms with Crippen molar-refractivity contribution in [2.24, 2.45) is 11.7 Å². The molecule has 0 heterocycles. The van der Waals surface area contributed by atoms with Gasteiger partial charge in [0.15, 0.2) is 0 Å². The van der Waals surface area contributed by atoms with Gasteiger partial charge in [-0.3, -0.25) is 0 Å². The van der Waals surface area contributed by atoms with E-state index < -0.39 is 15.6 Å². The summed E-state index contributed by atoms with van der Waals surface area (Å²) in [5.74, 6) is 0.621. The van der Waals surface area contributed by atoms with Gasteiger partial charge in [0.2, 0.25) is 10.0 Å². The van der Waals surface area contributed by atoms with Gasteiger partial charge in [0, 0.05) is 5.54 Å². The van der Waals surface area contributed by atoms with Gasteiger partial charge in [-0.05, 0) is 45.6 Å². The molecule has 0 amide bonds. The van der Waals surface area contributed by atoms with E-state index in [9.17, 15) is 8.42 Å². The van der Waals surface area contributed by atoms with Gasteiger partial charge in [0.05, 0.1) is 5.75 Å². The molecule has 0 radical (unpaired) electrons. The van der Waals surface area contributed by atoms with E-state index in [0.717, 1.165) is 12.8 Å². The molecule has 0 unspecified atom stereocenters. The highest BCUT2D eigenvalue weighted by atomic mass is 32.2. The summed E-state index contributed by atoms with van der Waals surface area (Å²) in [6, 6.07) is 0. The zero-order valence-corrected chi connectivity index (χ0v) is 11.9. The molecule has 0 aromatic carbocycles. The van der Waals surface area contributed by atoms with E-state index in [-0.39, 0.29) is 5.75 Å². The first-order valence-corrected chi connectivity index (χ1v) is 8.21. The summed E-state index contributed by atoms with van der Waals surface area (Å²) in [4.78, 5) is 0. The lowest BCUT2D eigenvalue weighted by molar-refractivity contribution is 0.377. The fourth-order valence-corrected chi connectivity index (χ4v) is 4.52. The van der Waals surface area contributed by atoms with Crippen LogP contribution in [0.4, 0.5) is 0 Å². The van der Waals surface area contributed by atoms with Gasteiger partial charge >= 0.3 is 0 Å². The Bertz CT molecular complexity index is 319. The summed E-state index contributed by atoms with van der Waals surface area (Å²) in [6.45, 7) is 4.27. The van der Waals surface area contributed by atoms with Crippen molar-refractivity contribution in [2.75, 3.05) is 12.3 Å². The molecule has 1 rings (SSSR count). The van der Waals surface area contributed by atoms with Crippen LogP contribution in [0.15, 0.2) is 0 Å².